The molecule has 6 nitrogen and oxygen atoms in total. The molecule has 6 heteroatoms. The third-order valence-electron chi connectivity index (χ3n) is 4.07. The normalized spacial score (nSPS) is 28.9. The molecule has 2 heterocycles. The number of aromatic hydroxyl groups is 1. The molecule has 2 N–H and O–H groups in total. The molecule has 0 unspecified atom stereocenters. The van der Waals surface area contributed by atoms with E-state index in [9.17, 15) is 14.7 Å². The number of aliphatic hydroxyl groups is 1. The molecule has 2 aliphatic rings. The van der Waals surface area contributed by atoms with Crippen molar-refractivity contribution in [3.8, 4) is 5.75 Å². The second-order valence-electron chi connectivity index (χ2n) is 5.30. The van der Waals surface area contributed by atoms with Crippen LogP contribution in [-0.2, 0) is 0 Å². The lowest BCUT2D eigenvalue weighted by Gasteiger charge is -2.44. The Hall–Kier alpha value is -1.82. The van der Waals surface area contributed by atoms with Crippen LogP contribution in [0.25, 0.3) is 0 Å². The first-order chi connectivity index (χ1) is 9.08. The standard InChI is InChI=1S/C13H15NO5/c15-6-7-1-8-5-14(10(8)2-7)13(18)11-3-9(16)4-12(17)19-11/h3-4,7-8,10,15-16H,1-2,5-6H2/t7-,8+,10+/m1/s1. The third-order valence-corrected chi connectivity index (χ3v) is 4.07. The Bertz CT molecular complexity index is 566. The zero-order valence-corrected chi connectivity index (χ0v) is 10.3. The molecule has 102 valence electrons. The SMILES string of the molecule is O=C(c1cc(O)cc(=O)o1)N1C[C@@H]2C[C@@H](CO)C[C@@H]21. The topological polar surface area (TPSA) is 91.0 Å². The molecule has 1 aliphatic heterocycles. The predicted molar refractivity (Wildman–Crippen MR) is 64.8 cm³/mol. The van der Waals surface area contributed by atoms with Crippen LogP contribution in [-0.4, -0.2) is 40.2 Å². The minimum Gasteiger partial charge on any atom is -0.508 e. The van der Waals surface area contributed by atoms with Crippen molar-refractivity contribution in [1.29, 1.82) is 0 Å². The summed E-state index contributed by atoms with van der Waals surface area (Å²) in [4.78, 5) is 25.0. The van der Waals surface area contributed by atoms with Crippen LogP contribution in [0.5, 0.6) is 5.75 Å². The number of hydrogen-bond acceptors (Lipinski definition) is 5. The maximum absolute atomic E-state index is 12.2. The smallest absolute Gasteiger partial charge is 0.340 e. The van der Waals surface area contributed by atoms with Gasteiger partial charge in [-0.1, -0.05) is 0 Å². The quantitative estimate of drug-likeness (QED) is 0.796. The Labute approximate surface area is 109 Å². The minimum atomic E-state index is -0.736. The average molecular weight is 265 g/mol. The van der Waals surface area contributed by atoms with E-state index < -0.39 is 5.63 Å². The van der Waals surface area contributed by atoms with E-state index in [1.807, 2.05) is 0 Å². The Morgan fingerprint density at radius 1 is 1.42 bits per heavy atom. The van der Waals surface area contributed by atoms with Gasteiger partial charge in [-0.05, 0) is 24.7 Å². The molecule has 0 aromatic carbocycles. The molecule has 0 spiro atoms. The Morgan fingerprint density at radius 3 is 2.89 bits per heavy atom. The number of carbonyl (C=O) groups excluding carboxylic acids is 1. The van der Waals surface area contributed by atoms with E-state index in [1.54, 1.807) is 4.90 Å². The lowest BCUT2D eigenvalue weighted by atomic mass is 9.91. The second-order valence-corrected chi connectivity index (χ2v) is 5.30. The van der Waals surface area contributed by atoms with Gasteiger partial charge in [-0.3, -0.25) is 4.79 Å². The van der Waals surface area contributed by atoms with Crippen LogP contribution in [0.2, 0.25) is 0 Å². The predicted octanol–water partition coefficient (Wildman–Crippen LogP) is 0.188. The summed E-state index contributed by atoms with van der Waals surface area (Å²) in [7, 11) is 0. The van der Waals surface area contributed by atoms with Crippen LogP contribution in [0.3, 0.4) is 0 Å². The fourth-order valence-electron chi connectivity index (χ4n) is 3.14. The summed E-state index contributed by atoms with van der Waals surface area (Å²) in [6, 6.07) is 2.21. The first kappa shape index (κ1) is 12.2. The molecule has 1 aromatic heterocycles. The van der Waals surface area contributed by atoms with Crippen molar-refractivity contribution >= 4 is 5.91 Å². The van der Waals surface area contributed by atoms with Gasteiger partial charge in [0.05, 0.1) is 6.07 Å². The summed E-state index contributed by atoms with van der Waals surface area (Å²) in [5, 5.41) is 18.5. The van der Waals surface area contributed by atoms with Gasteiger partial charge in [0.15, 0.2) is 5.76 Å². The highest BCUT2D eigenvalue weighted by molar-refractivity contribution is 5.92. The van der Waals surface area contributed by atoms with Crippen LogP contribution in [0.4, 0.5) is 0 Å². The number of fused-ring (bicyclic) bond motifs is 1. The first-order valence-corrected chi connectivity index (χ1v) is 6.34. The van der Waals surface area contributed by atoms with Gasteiger partial charge in [0, 0.05) is 25.3 Å². The summed E-state index contributed by atoms with van der Waals surface area (Å²) >= 11 is 0. The number of likely N-dealkylation sites (tertiary alicyclic amines) is 1. The molecule has 1 saturated carbocycles. The van der Waals surface area contributed by atoms with Crippen molar-refractivity contribution in [2.45, 2.75) is 18.9 Å². The molecule has 2 fully saturated rings. The number of carbonyl (C=O) groups is 1. The molecule has 1 aromatic rings. The van der Waals surface area contributed by atoms with Crippen LogP contribution in [0, 0.1) is 11.8 Å². The lowest BCUT2D eigenvalue weighted by molar-refractivity contribution is 0.0234. The maximum atomic E-state index is 12.2. The summed E-state index contributed by atoms with van der Waals surface area (Å²) in [6.07, 6.45) is 1.73. The molecule has 1 saturated heterocycles. The summed E-state index contributed by atoms with van der Waals surface area (Å²) < 4.78 is 4.82. The van der Waals surface area contributed by atoms with E-state index in [2.05, 4.69) is 0 Å². The van der Waals surface area contributed by atoms with E-state index in [-0.39, 0.29) is 36.0 Å². The summed E-state index contributed by atoms with van der Waals surface area (Å²) in [5.41, 5.74) is -0.736. The second kappa shape index (κ2) is 4.38. The van der Waals surface area contributed by atoms with Crippen molar-refractivity contribution < 1.29 is 19.4 Å². The molecule has 0 radical (unpaired) electrons. The van der Waals surface area contributed by atoms with Crippen molar-refractivity contribution in [1.82, 2.24) is 4.90 Å². The molecule has 0 bridgehead atoms. The number of hydrogen-bond donors (Lipinski definition) is 2. The number of aliphatic hydroxyl groups excluding tert-OH is 1. The Morgan fingerprint density at radius 2 is 2.21 bits per heavy atom. The van der Waals surface area contributed by atoms with Gasteiger partial charge >= 0.3 is 5.63 Å². The van der Waals surface area contributed by atoms with E-state index in [0.717, 1.165) is 25.0 Å². The van der Waals surface area contributed by atoms with E-state index >= 15 is 0 Å². The Kier molecular flexibility index (Phi) is 2.82. The molecular formula is C13H15NO5. The Balaban J connectivity index is 1.77. The fourth-order valence-corrected chi connectivity index (χ4v) is 3.14. The summed E-state index contributed by atoms with van der Waals surface area (Å²) in [6.45, 7) is 0.773. The molecule has 3 atom stereocenters. The van der Waals surface area contributed by atoms with Crippen molar-refractivity contribution in [2.75, 3.05) is 13.2 Å². The monoisotopic (exact) mass is 265 g/mol. The van der Waals surface area contributed by atoms with Gasteiger partial charge in [-0.2, -0.15) is 0 Å². The zero-order valence-electron chi connectivity index (χ0n) is 10.3. The molecule has 19 heavy (non-hydrogen) atoms. The lowest BCUT2D eigenvalue weighted by Crippen LogP contribution is -2.56. The van der Waals surface area contributed by atoms with Crippen LogP contribution < -0.4 is 5.63 Å². The van der Waals surface area contributed by atoms with E-state index in [4.69, 9.17) is 9.52 Å². The van der Waals surface area contributed by atoms with Crippen molar-refractivity contribution in [3.63, 3.8) is 0 Å². The highest BCUT2D eigenvalue weighted by atomic mass is 16.4. The van der Waals surface area contributed by atoms with Gasteiger partial charge < -0.3 is 19.5 Å². The number of rotatable bonds is 2. The average Bonchev–Trinajstić information content (AvgIpc) is 2.65. The molecule has 1 aliphatic carbocycles. The minimum absolute atomic E-state index is 0.123. The largest absolute Gasteiger partial charge is 0.508 e. The number of nitrogens with zero attached hydrogens (tertiary/aromatic N) is 1. The molecule has 3 rings (SSSR count). The fraction of sp³-hybridized carbons (Fsp3) is 0.538. The zero-order chi connectivity index (χ0) is 13.6. The van der Waals surface area contributed by atoms with Gasteiger partial charge in [0.25, 0.3) is 5.91 Å². The van der Waals surface area contributed by atoms with Crippen LogP contribution in [0.1, 0.15) is 23.4 Å². The molecular weight excluding hydrogens is 250 g/mol. The van der Waals surface area contributed by atoms with E-state index in [0.29, 0.717) is 12.5 Å². The number of amides is 1. The van der Waals surface area contributed by atoms with Gasteiger partial charge in [0.1, 0.15) is 5.75 Å². The van der Waals surface area contributed by atoms with Crippen LogP contribution >= 0.6 is 0 Å². The highest BCUT2D eigenvalue weighted by Crippen LogP contribution is 2.42. The van der Waals surface area contributed by atoms with Gasteiger partial charge in [-0.15, -0.1) is 0 Å². The van der Waals surface area contributed by atoms with E-state index in [1.165, 1.54) is 0 Å². The van der Waals surface area contributed by atoms with Gasteiger partial charge in [0.2, 0.25) is 0 Å². The molecule has 1 amide bonds. The highest BCUT2D eigenvalue weighted by Gasteiger charge is 2.48. The van der Waals surface area contributed by atoms with Crippen LogP contribution in [0.15, 0.2) is 21.3 Å². The van der Waals surface area contributed by atoms with Crippen molar-refractivity contribution in [3.05, 3.63) is 28.3 Å². The van der Waals surface area contributed by atoms with Crippen molar-refractivity contribution in [2.24, 2.45) is 11.8 Å². The summed E-state index contributed by atoms with van der Waals surface area (Å²) in [5.74, 6) is -0.0748. The third kappa shape index (κ3) is 2.02. The first-order valence-electron chi connectivity index (χ1n) is 6.34. The maximum Gasteiger partial charge on any atom is 0.340 e. The van der Waals surface area contributed by atoms with Gasteiger partial charge in [-0.25, -0.2) is 4.79 Å².